The predicted octanol–water partition coefficient (Wildman–Crippen LogP) is 2.83. The molecule has 2 aromatic rings. The molecule has 2 rings (SSSR count). The lowest BCUT2D eigenvalue weighted by Gasteiger charge is -2.09. The maximum atomic E-state index is 13.5. The highest BCUT2D eigenvalue weighted by molar-refractivity contribution is 7.90. The van der Waals surface area contributed by atoms with E-state index in [1.165, 1.54) is 24.3 Å². The maximum absolute atomic E-state index is 13.5. The zero-order chi connectivity index (χ0) is 14.9. The van der Waals surface area contributed by atoms with E-state index in [-0.39, 0.29) is 16.1 Å². The monoisotopic (exact) mass is 297 g/mol. The summed E-state index contributed by atoms with van der Waals surface area (Å²) in [6.45, 7) is 1.78. The van der Waals surface area contributed by atoms with Crippen LogP contribution in [-0.4, -0.2) is 8.42 Å². The number of hydrogen-bond acceptors (Lipinski definition) is 3. The number of sulfone groups is 1. The van der Waals surface area contributed by atoms with Crippen LogP contribution in [0.15, 0.2) is 41.3 Å². The number of nitrogen functional groups attached to an aromatic ring is 1. The number of hydrogen-bond donors (Lipinski definition) is 1. The van der Waals surface area contributed by atoms with Crippen molar-refractivity contribution in [2.75, 3.05) is 5.73 Å². The zero-order valence-electron chi connectivity index (χ0n) is 10.7. The summed E-state index contributed by atoms with van der Waals surface area (Å²) in [5.74, 6) is -2.86. The molecule has 106 valence electrons. The van der Waals surface area contributed by atoms with Crippen molar-refractivity contribution in [3.8, 4) is 0 Å². The van der Waals surface area contributed by atoms with Gasteiger partial charge in [-0.3, -0.25) is 0 Å². The van der Waals surface area contributed by atoms with E-state index in [1.54, 1.807) is 13.0 Å². The summed E-state index contributed by atoms with van der Waals surface area (Å²) in [7, 11) is -3.83. The smallest absolute Gasteiger partial charge is 0.184 e. The Morgan fingerprint density at radius 2 is 1.85 bits per heavy atom. The maximum Gasteiger partial charge on any atom is 0.184 e. The van der Waals surface area contributed by atoms with E-state index in [0.717, 1.165) is 11.6 Å². The first-order valence-corrected chi connectivity index (χ1v) is 7.48. The Hall–Kier alpha value is -1.95. The molecule has 0 fully saturated rings. The molecule has 6 heteroatoms. The Morgan fingerprint density at radius 3 is 2.50 bits per heavy atom. The van der Waals surface area contributed by atoms with E-state index in [9.17, 15) is 17.2 Å². The lowest BCUT2D eigenvalue weighted by atomic mass is 10.2. The Labute approximate surface area is 116 Å². The molecule has 0 amide bonds. The molecule has 0 bridgehead atoms. The fourth-order valence-electron chi connectivity index (χ4n) is 1.89. The second kappa shape index (κ2) is 5.20. The molecule has 2 N–H and O–H groups in total. The topological polar surface area (TPSA) is 60.2 Å². The minimum atomic E-state index is -3.83. The second-order valence-electron chi connectivity index (χ2n) is 4.51. The lowest BCUT2D eigenvalue weighted by molar-refractivity contribution is 0.501. The second-order valence-corrected chi connectivity index (χ2v) is 6.47. The van der Waals surface area contributed by atoms with Crippen molar-refractivity contribution in [2.24, 2.45) is 0 Å². The highest BCUT2D eigenvalue weighted by atomic mass is 32.2. The van der Waals surface area contributed by atoms with Crippen molar-refractivity contribution in [3.05, 3.63) is 59.2 Å². The average molecular weight is 297 g/mol. The van der Waals surface area contributed by atoms with Gasteiger partial charge in [0.25, 0.3) is 0 Å². The molecular formula is C14H13F2NO2S. The summed E-state index contributed by atoms with van der Waals surface area (Å²) in [4.78, 5) is -0.0771. The number of rotatable bonds is 3. The molecule has 0 saturated carbocycles. The van der Waals surface area contributed by atoms with Gasteiger partial charge in [-0.05, 0) is 30.7 Å². The van der Waals surface area contributed by atoms with Gasteiger partial charge in [0.2, 0.25) is 0 Å². The van der Waals surface area contributed by atoms with Crippen molar-refractivity contribution in [2.45, 2.75) is 17.6 Å². The van der Waals surface area contributed by atoms with Gasteiger partial charge in [-0.2, -0.15) is 0 Å². The number of halogens is 2. The van der Waals surface area contributed by atoms with Crippen LogP contribution in [-0.2, 0) is 15.6 Å². The normalized spacial score (nSPS) is 11.6. The molecule has 0 aliphatic rings. The molecular weight excluding hydrogens is 284 g/mol. The van der Waals surface area contributed by atoms with Crippen LogP contribution in [0.25, 0.3) is 0 Å². The molecule has 0 aliphatic heterocycles. The van der Waals surface area contributed by atoms with Crippen molar-refractivity contribution >= 4 is 15.5 Å². The first-order valence-electron chi connectivity index (χ1n) is 5.83. The van der Waals surface area contributed by atoms with Crippen LogP contribution in [0.2, 0.25) is 0 Å². The van der Waals surface area contributed by atoms with E-state index in [2.05, 4.69) is 0 Å². The predicted molar refractivity (Wildman–Crippen MR) is 72.8 cm³/mol. The van der Waals surface area contributed by atoms with Gasteiger partial charge in [0, 0.05) is 5.56 Å². The molecule has 0 unspecified atom stereocenters. The fourth-order valence-corrected chi connectivity index (χ4v) is 3.37. The van der Waals surface area contributed by atoms with Gasteiger partial charge < -0.3 is 5.73 Å². The van der Waals surface area contributed by atoms with Gasteiger partial charge in [-0.25, -0.2) is 17.2 Å². The number of benzene rings is 2. The number of anilines is 1. The van der Waals surface area contributed by atoms with Gasteiger partial charge in [0.1, 0.15) is 0 Å². The quantitative estimate of drug-likeness (QED) is 0.886. The Bertz CT molecular complexity index is 758. The van der Waals surface area contributed by atoms with Crippen LogP contribution in [0.4, 0.5) is 14.5 Å². The fraction of sp³-hybridized carbons (Fsp3) is 0.143. The molecule has 0 spiro atoms. The minimum absolute atomic E-state index is 0.0771. The van der Waals surface area contributed by atoms with E-state index in [0.29, 0.717) is 0 Å². The van der Waals surface area contributed by atoms with Crippen LogP contribution in [0.5, 0.6) is 0 Å². The van der Waals surface area contributed by atoms with Gasteiger partial charge in [-0.1, -0.05) is 18.2 Å². The van der Waals surface area contributed by atoms with Crippen molar-refractivity contribution in [1.29, 1.82) is 0 Å². The third-order valence-corrected chi connectivity index (χ3v) is 4.61. The van der Waals surface area contributed by atoms with Gasteiger partial charge >= 0.3 is 0 Å². The summed E-state index contributed by atoms with van der Waals surface area (Å²) < 4.78 is 51.1. The standard InChI is InChI=1S/C14H13F2NO2S/c1-9-5-6-13(12(17)7-9)20(18,19)8-10-3-2-4-11(15)14(10)16/h2-7H,8,17H2,1H3. The van der Waals surface area contributed by atoms with Crippen LogP contribution in [0, 0.1) is 18.6 Å². The highest BCUT2D eigenvalue weighted by Crippen LogP contribution is 2.25. The summed E-state index contributed by atoms with van der Waals surface area (Å²) in [5.41, 5.74) is 6.38. The third kappa shape index (κ3) is 2.80. The van der Waals surface area contributed by atoms with Crippen molar-refractivity contribution in [1.82, 2.24) is 0 Å². The largest absolute Gasteiger partial charge is 0.398 e. The third-order valence-electron chi connectivity index (χ3n) is 2.88. The summed E-state index contributed by atoms with van der Waals surface area (Å²) in [6, 6.07) is 7.94. The Kier molecular flexibility index (Phi) is 3.76. The minimum Gasteiger partial charge on any atom is -0.398 e. The molecule has 0 saturated heterocycles. The van der Waals surface area contributed by atoms with Crippen molar-refractivity contribution < 1.29 is 17.2 Å². The van der Waals surface area contributed by atoms with E-state index < -0.39 is 27.2 Å². The van der Waals surface area contributed by atoms with E-state index in [4.69, 9.17) is 5.73 Å². The SMILES string of the molecule is Cc1ccc(S(=O)(=O)Cc2cccc(F)c2F)c(N)c1. The molecule has 0 heterocycles. The molecule has 3 nitrogen and oxygen atoms in total. The molecule has 20 heavy (non-hydrogen) atoms. The molecule has 0 aliphatic carbocycles. The molecule has 0 atom stereocenters. The van der Waals surface area contributed by atoms with Gasteiger partial charge in [-0.15, -0.1) is 0 Å². The summed E-state index contributed by atoms with van der Waals surface area (Å²) in [6.07, 6.45) is 0. The molecule has 0 aromatic heterocycles. The molecule has 0 radical (unpaired) electrons. The van der Waals surface area contributed by atoms with E-state index >= 15 is 0 Å². The summed E-state index contributed by atoms with van der Waals surface area (Å²) >= 11 is 0. The highest BCUT2D eigenvalue weighted by Gasteiger charge is 2.21. The van der Waals surface area contributed by atoms with E-state index in [1.807, 2.05) is 0 Å². The van der Waals surface area contributed by atoms with Crippen LogP contribution >= 0.6 is 0 Å². The first-order chi connectivity index (χ1) is 9.31. The summed E-state index contributed by atoms with van der Waals surface area (Å²) in [5, 5.41) is 0. The zero-order valence-corrected chi connectivity index (χ0v) is 11.5. The van der Waals surface area contributed by atoms with Crippen molar-refractivity contribution in [3.63, 3.8) is 0 Å². The Morgan fingerprint density at radius 1 is 1.15 bits per heavy atom. The van der Waals surface area contributed by atoms with Crippen LogP contribution in [0.3, 0.4) is 0 Å². The van der Waals surface area contributed by atoms with Gasteiger partial charge in [0.15, 0.2) is 21.5 Å². The Balaban J connectivity index is 2.44. The number of nitrogens with two attached hydrogens (primary N) is 1. The average Bonchev–Trinajstić information content (AvgIpc) is 2.34. The van der Waals surface area contributed by atoms with Crippen LogP contribution < -0.4 is 5.73 Å². The molecule has 2 aromatic carbocycles. The lowest BCUT2D eigenvalue weighted by Crippen LogP contribution is -2.09. The number of aryl methyl sites for hydroxylation is 1. The van der Waals surface area contributed by atoms with Crippen LogP contribution in [0.1, 0.15) is 11.1 Å². The van der Waals surface area contributed by atoms with Gasteiger partial charge in [0.05, 0.1) is 16.3 Å². The first kappa shape index (κ1) is 14.5.